The summed E-state index contributed by atoms with van der Waals surface area (Å²) in [5.41, 5.74) is 3.55. The molecule has 0 bridgehead atoms. The van der Waals surface area contributed by atoms with Gasteiger partial charge in [-0.1, -0.05) is 35.3 Å². The van der Waals surface area contributed by atoms with Crippen molar-refractivity contribution in [2.45, 2.75) is 0 Å². The maximum atomic E-state index is 5.99. The van der Waals surface area contributed by atoms with Gasteiger partial charge in [-0.3, -0.25) is 0 Å². The van der Waals surface area contributed by atoms with Crippen LogP contribution in [0.25, 0.3) is 0 Å². The van der Waals surface area contributed by atoms with Gasteiger partial charge in [0, 0.05) is 12.1 Å². The molecule has 7 heteroatoms. The normalized spacial score (nSPS) is 14.1. The third-order valence-electron chi connectivity index (χ3n) is 2.03. The first-order valence-electron chi connectivity index (χ1n) is 4.79. The molecule has 1 aromatic carbocycles. The van der Waals surface area contributed by atoms with Gasteiger partial charge in [0.15, 0.2) is 0 Å². The molecule has 0 amide bonds. The van der Waals surface area contributed by atoms with Crippen molar-refractivity contribution in [2.75, 3.05) is 13.1 Å². The first-order valence-corrected chi connectivity index (χ1v) is 5.54. The fraction of sp³-hybridized carbons (Fsp3) is 0.200. The van der Waals surface area contributed by atoms with Crippen molar-refractivity contribution in [1.29, 1.82) is 0 Å². The summed E-state index contributed by atoms with van der Waals surface area (Å²) in [6.07, 6.45) is 1.61. The third kappa shape index (κ3) is 3.77. The Morgan fingerprint density at radius 1 is 1.41 bits per heavy atom. The highest BCUT2D eigenvalue weighted by Crippen LogP contribution is 2.23. The molecule has 1 aliphatic rings. The molecule has 17 heavy (non-hydrogen) atoms. The van der Waals surface area contributed by atoms with E-state index in [0.717, 1.165) is 18.7 Å². The minimum atomic E-state index is 0. The zero-order valence-electron chi connectivity index (χ0n) is 8.78. The smallest absolute Gasteiger partial charge is 0.212 e. The summed E-state index contributed by atoms with van der Waals surface area (Å²) < 4.78 is 0. The van der Waals surface area contributed by atoms with Crippen molar-refractivity contribution in [3.8, 4) is 0 Å². The average Bonchev–Trinajstić information content (AvgIpc) is 2.77. The van der Waals surface area contributed by atoms with Crippen molar-refractivity contribution in [2.24, 2.45) is 10.1 Å². The number of guanidine groups is 1. The Labute approximate surface area is 116 Å². The third-order valence-corrected chi connectivity index (χ3v) is 2.86. The number of hydrazone groups is 1. The summed E-state index contributed by atoms with van der Waals surface area (Å²) in [6.45, 7) is 1.62. The lowest BCUT2D eigenvalue weighted by Crippen LogP contribution is -2.30. The van der Waals surface area contributed by atoms with Gasteiger partial charge >= 0.3 is 0 Å². The van der Waals surface area contributed by atoms with Crippen LogP contribution in [-0.4, -0.2) is 25.3 Å². The van der Waals surface area contributed by atoms with Crippen molar-refractivity contribution >= 4 is 47.8 Å². The van der Waals surface area contributed by atoms with Crippen LogP contribution in [0, 0.1) is 0 Å². The second-order valence-electron chi connectivity index (χ2n) is 3.17. The molecule has 1 aliphatic heterocycles. The maximum absolute atomic E-state index is 5.99. The number of aliphatic imine (C=N–C) groups is 1. The molecular weight excluding hydrogens is 282 g/mol. The van der Waals surface area contributed by atoms with Gasteiger partial charge in [-0.05, 0) is 6.07 Å². The van der Waals surface area contributed by atoms with Crippen molar-refractivity contribution in [3.05, 3.63) is 33.8 Å². The minimum absolute atomic E-state index is 0. The lowest BCUT2D eigenvalue weighted by Gasteiger charge is -2.01. The van der Waals surface area contributed by atoms with Gasteiger partial charge in [0.05, 0.1) is 22.8 Å². The van der Waals surface area contributed by atoms with Crippen LogP contribution < -0.4 is 10.7 Å². The molecule has 0 unspecified atom stereocenters. The first kappa shape index (κ1) is 14.1. The first-order chi connectivity index (χ1) is 7.77. The molecule has 2 N–H and O–H groups in total. The molecule has 0 saturated heterocycles. The van der Waals surface area contributed by atoms with Crippen LogP contribution >= 0.6 is 35.6 Å². The van der Waals surface area contributed by atoms with Gasteiger partial charge in [0.2, 0.25) is 5.96 Å². The molecule has 92 valence electrons. The number of halogens is 3. The Balaban J connectivity index is 0.00000144. The molecule has 0 saturated carbocycles. The zero-order valence-corrected chi connectivity index (χ0v) is 11.1. The van der Waals surface area contributed by atoms with Gasteiger partial charge in [-0.25, -0.2) is 10.4 Å². The molecule has 4 nitrogen and oxygen atoms in total. The van der Waals surface area contributed by atoms with Crippen molar-refractivity contribution in [1.82, 2.24) is 10.7 Å². The maximum Gasteiger partial charge on any atom is 0.212 e. The van der Waals surface area contributed by atoms with Crippen LogP contribution in [0.15, 0.2) is 28.3 Å². The van der Waals surface area contributed by atoms with Crippen LogP contribution in [-0.2, 0) is 0 Å². The van der Waals surface area contributed by atoms with Crippen molar-refractivity contribution < 1.29 is 0 Å². The van der Waals surface area contributed by atoms with E-state index < -0.39 is 0 Å². The Morgan fingerprint density at radius 3 is 2.94 bits per heavy atom. The van der Waals surface area contributed by atoms with Crippen LogP contribution in [0.3, 0.4) is 0 Å². The number of nitrogens with one attached hydrogen (secondary N) is 2. The molecule has 0 spiro atoms. The highest BCUT2D eigenvalue weighted by molar-refractivity contribution is 6.43. The van der Waals surface area contributed by atoms with E-state index in [1.807, 2.05) is 12.1 Å². The van der Waals surface area contributed by atoms with E-state index in [4.69, 9.17) is 23.2 Å². The fourth-order valence-electron chi connectivity index (χ4n) is 1.26. The van der Waals surface area contributed by atoms with E-state index >= 15 is 0 Å². The summed E-state index contributed by atoms with van der Waals surface area (Å²) in [5, 5.41) is 8.06. The standard InChI is InChI=1S/C10H10Cl2N4.ClH/c11-8-3-1-2-7(9(8)12)6-15-16-10-13-4-5-14-10;/h1-3,6H,4-5H2,(H2,13,14,16);1H. The lowest BCUT2D eigenvalue weighted by atomic mass is 10.2. The number of nitrogens with zero attached hydrogens (tertiary/aromatic N) is 2. The largest absolute Gasteiger partial charge is 0.353 e. The van der Waals surface area contributed by atoms with Crippen molar-refractivity contribution in [3.63, 3.8) is 0 Å². The summed E-state index contributed by atoms with van der Waals surface area (Å²) in [6, 6.07) is 5.39. The molecule has 0 aromatic heterocycles. The zero-order chi connectivity index (χ0) is 11.4. The van der Waals surface area contributed by atoms with Crippen LogP contribution in [0.4, 0.5) is 0 Å². The summed E-state index contributed by atoms with van der Waals surface area (Å²) in [4.78, 5) is 4.13. The van der Waals surface area contributed by atoms with E-state index in [9.17, 15) is 0 Å². The molecule has 1 heterocycles. The second kappa shape index (κ2) is 6.69. The van der Waals surface area contributed by atoms with Gasteiger partial charge in [-0.15, -0.1) is 12.4 Å². The Bertz CT molecular complexity index is 445. The number of rotatable bonds is 2. The van der Waals surface area contributed by atoms with E-state index in [1.54, 1.807) is 12.3 Å². The molecular formula is C10H11Cl3N4. The monoisotopic (exact) mass is 292 g/mol. The lowest BCUT2D eigenvalue weighted by molar-refractivity contribution is 0.920. The second-order valence-corrected chi connectivity index (χ2v) is 3.96. The summed E-state index contributed by atoms with van der Waals surface area (Å²) >= 11 is 11.9. The van der Waals surface area contributed by atoms with Gasteiger partial charge < -0.3 is 5.32 Å². The van der Waals surface area contributed by atoms with Crippen LogP contribution in [0.2, 0.25) is 10.0 Å². The van der Waals surface area contributed by atoms with E-state index in [-0.39, 0.29) is 12.4 Å². The fourth-order valence-corrected chi connectivity index (χ4v) is 1.61. The Kier molecular flexibility index (Phi) is 5.55. The SMILES string of the molecule is Cl.Clc1cccc(C=NNC2=NCCN2)c1Cl. The highest BCUT2D eigenvalue weighted by Gasteiger charge is 2.03. The predicted molar refractivity (Wildman–Crippen MR) is 74.7 cm³/mol. The van der Waals surface area contributed by atoms with Gasteiger partial charge in [0.1, 0.15) is 0 Å². The minimum Gasteiger partial charge on any atom is -0.353 e. The average molecular weight is 294 g/mol. The topological polar surface area (TPSA) is 48.8 Å². The highest BCUT2D eigenvalue weighted by atomic mass is 35.5. The van der Waals surface area contributed by atoms with E-state index in [0.29, 0.717) is 16.0 Å². The Morgan fingerprint density at radius 2 is 2.24 bits per heavy atom. The van der Waals surface area contributed by atoms with Gasteiger partial charge in [-0.2, -0.15) is 5.10 Å². The Hall–Kier alpha value is -0.970. The number of hydrogen-bond donors (Lipinski definition) is 2. The molecule has 2 rings (SSSR count). The van der Waals surface area contributed by atoms with E-state index in [2.05, 4.69) is 20.8 Å². The van der Waals surface area contributed by atoms with Crippen LogP contribution in [0.1, 0.15) is 5.56 Å². The number of hydrogen-bond acceptors (Lipinski definition) is 4. The molecule has 0 radical (unpaired) electrons. The summed E-state index contributed by atoms with van der Waals surface area (Å²) in [7, 11) is 0. The molecule has 0 atom stereocenters. The summed E-state index contributed by atoms with van der Waals surface area (Å²) in [5.74, 6) is 0.675. The molecule has 0 aliphatic carbocycles. The quantitative estimate of drug-likeness (QED) is 0.649. The van der Waals surface area contributed by atoms with E-state index in [1.165, 1.54) is 0 Å². The number of benzene rings is 1. The molecule has 0 fully saturated rings. The van der Waals surface area contributed by atoms with Crippen LogP contribution in [0.5, 0.6) is 0 Å². The predicted octanol–water partition coefficient (Wildman–Crippen LogP) is 2.30. The van der Waals surface area contributed by atoms with Gasteiger partial charge in [0.25, 0.3) is 0 Å². The molecule has 1 aromatic rings.